The summed E-state index contributed by atoms with van der Waals surface area (Å²) in [4.78, 5) is 27.1. The fraction of sp³-hybridized carbons (Fsp3) is 0.200. The summed E-state index contributed by atoms with van der Waals surface area (Å²) >= 11 is 5.84. The predicted octanol–water partition coefficient (Wildman–Crippen LogP) is 3.44. The highest BCUT2D eigenvalue weighted by Crippen LogP contribution is 2.18. The first kappa shape index (κ1) is 18.0. The fourth-order valence-corrected chi connectivity index (χ4v) is 2.80. The van der Waals surface area contributed by atoms with Crippen LogP contribution in [0, 0.1) is 0 Å². The zero-order valence-electron chi connectivity index (χ0n) is 14.3. The number of hydrogen-bond donors (Lipinski definition) is 2. The van der Waals surface area contributed by atoms with E-state index in [2.05, 4.69) is 10.3 Å². The molecule has 0 saturated carbocycles. The second kappa shape index (κ2) is 8.06. The number of aryl methyl sites for hydroxylation is 1. The van der Waals surface area contributed by atoms with Crippen LogP contribution >= 0.6 is 11.6 Å². The summed E-state index contributed by atoms with van der Waals surface area (Å²) in [7, 11) is 1.58. The Morgan fingerprint density at radius 3 is 2.65 bits per heavy atom. The Morgan fingerprint density at radius 1 is 1.15 bits per heavy atom. The number of pyridine rings is 1. The van der Waals surface area contributed by atoms with Gasteiger partial charge in [-0.05, 0) is 47.7 Å². The smallest absolute Gasteiger partial charge is 0.251 e. The maximum Gasteiger partial charge on any atom is 0.251 e. The van der Waals surface area contributed by atoms with E-state index in [1.165, 1.54) is 0 Å². The van der Waals surface area contributed by atoms with Crippen molar-refractivity contribution in [3.8, 4) is 5.75 Å². The summed E-state index contributed by atoms with van der Waals surface area (Å²) in [6, 6.07) is 14.6. The van der Waals surface area contributed by atoms with Crippen LogP contribution in [0.1, 0.15) is 17.5 Å². The van der Waals surface area contributed by atoms with Crippen LogP contribution in [-0.2, 0) is 17.8 Å². The Morgan fingerprint density at radius 2 is 1.92 bits per heavy atom. The SMILES string of the molecule is COc1ccc2cc(CCC(=O)NCc3ccc(Cl)cc3)c(=O)[nH]c2c1. The van der Waals surface area contributed by atoms with Gasteiger partial charge in [-0.3, -0.25) is 9.59 Å². The van der Waals surface area contributed by atoms with Gasteiger partial charge in [0.1, 0.15) is 5.75 Å². The van der Waals surface area contributed by atoms with Gasteiger partial charge >= 0.3 is 0 Å². The molecule has 0 spiro atoms. The number of hydrogen-bond acceptors (Lipinski definition) is 3. The molecule has 3 rings (SSSR count). The minimum absolute atomic E-state index is 0.103. The van der Waals surface area contributed by atoms with E-state index in [4.69, 9.17) is 16.3 Å². The van der Waals surface area contributed by atoms with Gasteiger partial charge in [-0.25, -0.2) is 0 Å². The van der Waals surface area contributed by atoms with E-state index < -0.39 is 0 Å². The molecule has 3 aromatic rings. The Bertz CT molecular complexity index is 981. The molecule has 0 aliphatic heterocycles. The van der Waals surface area contributed by atoms with E-state index in [0.29, 0.717) is 34.8 Å². The molecule has 0 bridgehead atoms. The summed E-state index contributed by atoms with van der Waals surface area (Å²) in [6.45, 7) is 0.434. The van der Waals surface area contributed by atoms with Gasteiger partial charge < -0.3 is 15.0 Å². The first-order valence-corrected chi connectivity index (χ1v) is 8.64. The van der Waals surface area contributed by atoms with Crippen molar-refractivity contribution in [1.29, 1.82) is 0 Å². The minimum Gasteiger partial charge on any atom is -0.497 e. The van der Waals surface area contributed by atoms with Gasteiger partial charge in [0.05, 0.1) is 12.6 Å². The summed E-state index contributed by atoms with van der Waals surface area (Å²) in [5, 5.41) is 4.41. The molecule has 0 fully saturated rings. The molecule has 1 aromatic heterocycles. The molecular formula is C20H19ClN2O3. The maximum absolute atomic E-state index is 12.2. The highest BCUT2D eigenvalue weighted by Gasteiger charge is 2.08. The second-order valence-corrected chi connectivity index (χ2v) is 6.42. The van der Waals surface area contributed by atoms with Crippen molar-refractivity contribution < 1.29 is 9.53 Å². The number of benzene rings is 2. The van der Waals surface area contributed by atoms with Crippen LogP contribution < -0.4 is 15.6 Å². The Hall–Kier alpha value is -2.79. The van der Waals surface area contributed by atoms with Gasteiger partial charge in [-0.1, -0.05) is 23.7 Å². The fourth-order valence-electron chi connectivity index (χ4n) is 2.68. The highest BCUT2D eigenvalue weighted by molar-refractivity contribution is 6.30. The molecule has 1 heterocycles. The molecule has 0 aliphatic carbocycles. The Labute approximate surface area is 156 Å². The molecule has 0 atom stereocenters. The molecule has 0 unspecified atom stereocenters. The molecule has 1 amide bonds. The summed E-state index contributed by atoms with van der Waals surface area (Å²) in [5.41, 5.74) is 2.09. The van der Waals surface area contributed by atoms with E-state index in [9.17, 15) is 9.59 Å². The molecule has 0 saturated heterocycles. The Kier molecular flexibility index (Phi) is 5.58. The van der Waals surface area contributed by atoms with E-state index in [1.807, 2.05) is 30.3 Å². The number of H-pyrrole nitrogens is 1. The number of nitrogens with one attached hydrogen (secondary N) is 2. The standard InChI is InChI=1S/C20H19ClN2O3/c1-26-17-8-4-14-10-15(20(25)23-18(14)11-17)5-9-19(24)22-12-13-2-6-16(21)7-3-13/h2-4,6-8,10-11H,5,9,12H2,1H3,(H,22,24)(H,23,25). The molecule has 0 radical (unpaired) electrons. The van der Waals surface area contributed by atoms with Crippen molar-refractivity contribution in [1.82, 2.24) is 10.3 Å². The lowest BCUT2D eigenvalue weighted by atomic mass is 10.1. The number of fused-ring (bicyclic) bond motifs is 1. The topological polar surface area (TPSA) is 71.2 Å². The van der Waals surface area contributed by atoms with Crippen LogP contribution in [0.2, 0.25) is 5.02 Å². The number of aromatic nitrogens is 1. The molecule has 2 N–H and O–H groups in total. The lowest BCUT2D eigenvalue weighted by molar-refractivity contribution is -0.121. The molecule has 26 heavy (non-hydrogen) atoms. The normalized spacial score (nSPS) is 10.7. The number of amides is 1. The third-order valence-electron chi connectivity index (χ3n) is 4.15. The number of halogens is 1. The van der Waals surface area contributed by atoms with Crippen molar-refractivity contribution in [2.45, 2.75) is 19.4 Å². The maximum atomic E-state index is 12.2. The zero-order chi connectivity index (χ0) is 18.5. The number of rotatable bonds is 6. The third-order valence-corrected chi connectivity index (χ3v) is 4.41. The van der Waals surface area contributed by atoms with Crippen molar-refractivity contribution in [3.63, 3.8) is 0 Å². The van der Waals surface area contributed by atoms with Crippen LogP contribution in [0.4, 0.5) is 0 Å². The lowest BCUT2D eigenvalue weighted by Crippen LogP contribution is -2.24. The molecule has 6 heteroatoms. The first-order valence-electron chi connectivity index (χ1n) is 8.26. The van der Waals surface area contributed by atoms with Crippen LogP contribution in [0.5, 0.6) is 5.75 Å². The van der Waals surface area contributed by atoms with Gasteiger partial charge in [-0.2, -0.15) is 0 Å². The van der Waals surface area contributed by atoms with Crippen LogP contribution in [0.15, 0.2) is 53.3 Å². The van der Waals surface area contributed by atoms with Crippen molar-refractivity contribution in [3.05, 3.63) is 75.0 Å². The minimum atomic E-state index is -0.184. The van der Waals surface area contributed by atoms with E-state index in [0.717, 1.165) is 10.9 Å². The van der Waals surface area contributed by atoms with E-state index in [-0.39, 0.29) is 17.9 Å². The van der Waals surface area contributed by atoms with E-state index >= 15 is 0 Å². The average Bonchev–Trinajstić information content (AvgIpc) is 2.65. The third kappa shape index (κ3) is 4.43. The van der Waals surface area contributed by atoms with Crippen molar-refractivity contribution in [2.24, 2.45) is 0 Å². The number of aromatic amines is 1. The summed E-state index contributed by atoms with van der Waals surface area (Å²) in [5.74, 6) is 0.580. The number of methoxy groups -OCH3 is 1. The van der Waals surface area contributed by atoms with Crippen LogP contribution in [0.3, 0.4) is 0 Å². The average molecular weight is 371 g/mol. The highest BCUT2D eigenvalue weighted by atomic mass is 35.5. The van der Waals surface area contributed by atoms with Gasteiger partial charge in [-0.15, -0.1) is 0 Å². The van der Waals surface area contributed by atoms with Gasteiger partial charge in [0.15, 0.2) is 0 Å². The molecule has 0 aliphatic rings. The largest absolute Gasteiger partial charge is 0.497 e. The van der Waals surface area contributed by atoms with E-state index in [1.54, 1.807) is 25.3 Å². The summed E-state index contributed by atoms with van der Waals surface area (Å²) < 4.78 is 5.16. The molecule has 5 nitrogen and oxygen atoms in total. The zero-order valence-corrected chi connectivity index (χ0v) is 15.1. The van der Waals surface area contributed by atoms with Crippen LogP contribution in [-0.4, -0.2) is 18.0 Å². The predicted molar refractivity (Wildman–Crippen MR) is 103 cm³/mol. The molecular weight excluding hydrogens is 352 g/mol. The van der Waals surface area contributed by atoms with Crippen molar-refractivity contribution in [2.75, 3.05) is 7.11 Å². The molecule has 134 valence electrons. The first-order chi connectivity index (χ1) is 12.5. The number of ether oxygens (including phenoxy) is 1. The van der Waals surface area contributed by atoms with Gasteiger partial charge in [0, 0.05) is 29.6 Å². The number of carbonyl (C=O) groups is 1. The van der Waals surface area contributed by atoms with Crippen LogP contribution in [0.25, 0.3) is 10.9 Å². The van der Waals surface area contributed by atoms with Gasteiger partial charge in [0.2, 0.25) is 5.91 Å². The lowest BCUT2D eigenvalue weighted by Gasteiger charge is -2.07. The number of carbonyl (C=O) groups excluding carboxylic acids is 1. The molecule has 2 aromatic carbocycles. The monoisotopic (exact) mass is 370 g/mol. The van der Waals surface area contributed by atoms with Crippen molar-refractivity contribution >= 4 is 28.4 Å². The Balaban J connectivity index is 1.61. The quantitative estimate of drug-likeness (QED) is 0.698. The van der Waals surface area contributed by atoms with Gasteiger partial charge in [0.25, 0.3) is 5.56 Å². The summed E-state index contributed by atoms with van der Waals surface area (Å²) in [6.07, 6.45) is 0.627. The second-order valence-electron chi connectivity index (χ2n) is 5.98.